The van der Waals surface area contributed by atoms with Gasteiger partial charge >= 0.3 is 0 Å². The van der Waals surface area contributed by atoms with Gasteiger partial charge in [0.15, 0.2) is 5.96 Å². The smallest absolute Gasteiger partial charge is 0.193 e. The first-order valence-electron chi connectivity index (χ1n) is 8.81. The molecule has 3 rings (SSSR count). The van der Waals surface area contributed by atoms with E-state index in [4.69, 9.17) is 4.74 Å². The van der Waals surface area contributed by atoms with Gasteiger partial charge in [-0.1, -0.05) is 18.2 Å². The topological polar surface area (TPSA) is 41.8 Å². The average molecular weight is 456 g/mol. The van der Waals surface area contributed by atoms with Crippen LogP contribution in [0.5, 0.6) is 0 Å². The molecule has 0 aliphatic carbocycles. The quantitative estimate of drug-likeness (QED) is 0.314. The van der Waals surface area contributed by atoms with Crippen LogP contribution in [0.2, 0.25) is 0 Å². The van der Waals surface area contributed by atoms with Crippen LogP contribution in [0, 0.1) is 5.92 Å². The largest absolute Gasteiger partial charge is 0.381 e. The van der Waals surface area contributed by atoms with Crippen LogP contribution < -0.4 is 5.32 Å². The Morgan fingerprint density at radius 3 is 2.96 bits per heavy atom. The molecule has 1 aliphatic heterocycles. The van der Waals surface area contributed by atoms with Crippen LogP contribution in [0.1, 0.15) is 12.8 Å². The number of aryl methyl sites for hydroxylation is 1. The van der Waals surface area contributed by atoms with Crippen molar-refractivity contribution in [2.45, 2.75) is 19.4 Å². The van der Waals surface area contributed by atoms with Crippen LogP contribution in [0.15, 0.2) is 41.5 Å². The number of hydrogen-bond acceptors (Lipinski definition) is 2. The van der Waals surface area contributed by atoms with E-state index in [1.54, 1.807) is 0 Å². The fraction of sp³-hybridized carbons (Fsp3) is 0.526. The Hall–Kier alpha value is -1.28. The van der Waals surface area contributed by atoms with Crippen LogP contribution in [-0.2, 0) is 11.3 Å². The normalized spacial score (nSPS) is 17.5. The Morgan fingerprint density at radius 2 is 2.20 bits per heavy atom. The van der Waals surface area contributed by atoms with Gasteiger partial charge in [0.1, 0.15) is 0 Å². The van der Waals surface area contributed by atoms with E-state index in [1.807, 2.05) is 7.05 Å². The van der Waals surface area contributed by atoms with E-state index in [0.717, 1.165) is 51.6 Å². The van der Waals surface area contributed by atoms with Gasteiger partial charge in [0.2, 0.25) is 0 Å². The number of para-hydroxylation sites is 1. The molecule has 25 heavy (non-hydrogen) atoms. The first-order valence-corrected chi connectivity index (χ1v) is 8.81. The number of hydrogen-bond donors (Lipinski definition) is 1. The third-order valence-corrected chi connectivity index (χ3v) is 4.67. The summed E-state index contributed by atoms with van der Waals surface area (Å²) >= 11 is 0. The lowest BCUT2D eigenvalue weighted by Crippen LogP contribution is -2.41. The molecule has 1 fully saturated rings. The highest BCUT2D eigenvalue weighted by molar-refractivity contribution is 14.0. The number of rotatable bonds is 6. The van der Waals surface area contributed by atoms with E-state index >= 15 is 0 Å². The van der Waals surface area contributed by atoms with E-state index in [0.29, 0.717) is 5.92 Å². The van der Waals surface area contributed by atoms with E-state index in [-0.39, 0.29) is 24.0 Å². The molecule has 0 bridgehead atoms. The maximum atomic E-state index is 5.46. The van der Waals surface area contributed by atoms with Crippen LogP contribution in [-0.4, -0.2) is 55.8 Å². The molecule has 1 atom stereocenters. The summed E-state index contributed by atoms with van der Waals surface area (Å²) in [4.78, 5) is 6.61. The van der Waals surface area contributed by atoms with Gasteiger partial charge in [-0.2, -0.15) is 0 Å². The van der Waals surface area contributed by atoms with Crippen molar-refractivity contribution in [1.82, 2.24) is 14.8 Å². The minimum atomic E-state index is 0. The third-order valence-electron chi connectivity index (χ3n) is 4.67. The van der Waals surface area contributed by atoms with Gasteiger partial charge in [0.25, 0.3) is 0 Å². The highest BCUT2D eigenvalue weighted by Crippen LogP contribution is 2.15. The molecule has 5 nitrogen and oxygen atoms in total. The lowest BCUT2D eigenvalue weighted by Gasteiger charge is -2.24. The summed E-state index contributed by atoms with van der Waals surface area (Å²) in [5.74, 6) is 1.60. The zero-order chi connectivity index (χ0) is 16.8. The van der Waals surface area contributed by atoms with Crippen LogP contribution >= 0.6 is 24.0 Å². The molecule has 1 aromatic carbocycles. The Balaban J connectivity index is 0.00000225. The summed E-state index contributed by atoms with van der Waals surface area (Å²) < 4.78 is 7.78. The highest BCUT2D eigenvalue weighted by Gasteiger charge is 2.18. The molecule has 2 heterocycles. The predicted octanol–water partition coefficient (Wildman–Crippen LogP) is 3.19. The summed E-state index contributed by atoms with van der Waals surface area (Å²) in [5, 5.41) is 4.78. The SMILES string of the molecule is CN=C(NCCCn1ccc2ccccc21)N(C)CC1CCOC1.I. The lowest BCUT2D eigenvalue weighted by atomic mass is 10.1. The van der Waals surface area contributed by atoms with Crippen molar-refractivity contribution in [2.75, 3.05) is 40.4 Å². The summed E-state index contributed by atoms with van der Waals surface area (Å²) in [6, 6.07) is 10.7. The first-order chi connectivity index (χ1) is 11.8. The number of nitrogens with one attached hydrogen (secondary N) is 1. The van der Waals surface area contributed by atoms with Crippen molar-refractivity contribution in [1.29, 1.82) is 0 Å². The van der Waals surface area contributed by atoms with Gasteiger partial charge < -0.3 is 19.5 Å². The number of halogens is 1. The van der Waals surface area contributed by atoms with E-state index < -0.39 is 0 Å². The van der Waals surface area contributed by atoms with Crippen molar-refractivity contribution in [3.05, 3.63) is 36.5 Å². The van der Waals surface area contributed by atoms with Crippen molar-refractivity contribution in [2.24, 2.45) is 10.9 Å². The van der Waals surface area contributed by atoms with Crippen LogP contribution in [0.4, 0.5) is 0 Å². The summed E-state index contributed by atoms with van der Waals surface area (Å²) in [5.41, 5.74) is 1.31. The van der Waals surface area contributed by atoms with E-state index in [9.17, 15) is 0 Å². The molecule has 1 unspecified atom stereocenters. The zero-order valence-corrected chi connectivity index (χ0v) is 17.5. The molecule has 1 N–H and O–H groups in total. The van der Waals surface area contributed by atoms with Crippen molar-refractivity contribution in [3.63, 3.8) is 0 Å². The summed E-state index contributed by atoms with van der Waals surface area (Å²) in [7, 11) is 3.95. The van der Waals surface area contributed by atoms with Gasteiger partial charge in [0.05, 0.1) is 6.61 Å². The standard InChI is InChI=1S/C19H28N4O.HI/c1-20-19(22(2)14-16-9-13-24-15-16)21-10-5-11-23-12-8-17-6-3-4-7-18(17)23;/h3-4,6-8,12,16H,5,9-11,13-15H2,1-2H3,(H,20,21);1H. The second-order valence-corrected chi connectivity index (χ2v) is 6.51. The maximum absolute atomic E-state index is 5.46. The number of benzene rings is 1. The number of aromatic nitrogens is 1. The van der Waals surface area contributed by atoms with E-state index in [2.05, 4.69) is 63.4 Å². The number of ether oxygens (including phenoxy) is 1. The summed E-state index contributed by atoms with van der Waals surface area (Å²) in [6.45, 7) is 4.71. The fourth-order valence-electron chi connectivity index (χ4n) is 3.37. The molecule has 0 amide bonds. The van der Waals surface area contributed by atoms with Gasteiger partial charge in [-0.25, -0.2) is 0 Å². The Kier molecular flexibility index (Phi) is 8.02. The van der Waals surface area contributed by atoms with Crippen molar-refractivity contribution < 1.29 is 4.74 Å². The van der Waals surface area contributed by atoms with E-state index in [1.165, 1.54) is 10.9 Å². The average Bonchev–Trinajstić information content (AvgIpc) is 3.25. The second-order valence-electron chi connectivity index (χ2n) is 6.51. The number of guanidine groups is 1. The lowest BCUT2D eigenvalue weighted by molar-refractivity contribution is 0.181. The molecular formula is C19H29IN4O. The Labute approximate surface area is 167 Å². The molecule has 2 aromatic rings. The van der Waals surface area contributed by atoms with Gasteiger partial charge in [0, 0.05) is 58.0 Å². The Bertz CT molecular complexity index is 679. The molecule has 138 valence electrons. The van der Waals surface area contributed by atoms with Gasteiger partial charge in [-0.05, 0) is 30.4 Å². The first kappa shape index (κ1) is 20.0. The second kappa shape index (κ2) is 10.0. The Morgan fingerprint density at radius 1 is 1.36 bits per heavy atom. The van der Waals surface area contributed by atoms with Gasteiger partial charge in [-0.15, -0.1) is 24.0 Å². The zero-order valence-electron chi connectivity index (χ0n) is 15.1. The summed E-state index contributed by atoms with van der Waals surface area (Å²) in [6.07, 6.45) is 4.39. The number of aliphatic imine (C=N–C) groups is 1. The molecule has 6 heteroatoms. The van der Waals surface area contributed by atoms with Crippen LogP contribution in [0.25, 0.3) is 10.9 Å². The predicted molar refractivity (Wildman–Crippen MR) is 115 cm³/mol. The molecule has 1 aliphatic rings. The minimum absolute atomic E-state index is 0. The van der Waals surface area contributed by atoms with Gasteiger partial charge in [-0.3, -0.25) is 4.99 Å². The molecule has 1 saturated heterocycles. The monoisotopic (exact) mass is 456 g/mol. The molecule has 0 spiro atoms. The van der Waals surface area contributed by atoms with Crippen molar-refractivity contribution in [3.8, 4) is 0 Å². The van der Waals surface area contributed by atoms with Crippen molar-refractivity contribution >= 4 is 40.8 Å². The minimum Gasteiger partial charge on any atom is -0.381 e. The third kappa shape index (κ3) is 5.34. The molecule has 0 saturated carbocycles. The maximum Gasteiger partial charge on any atom is 0.193 e. The molecular weight excluding hydrogens is 427 g/mol. The fourth-order valence-corrected chi connectivity index (χ4v) is 3.37. The van der Waals surface area contributed by atoms with Crippen LogP contribution in [0.3, 0.4) is 0 Å². The number of fused-ring (bicyclic) bond motifs is 1. The highest BCUT2D eigenvalue weighted by atomic mass is 127. The number of nitrogens with zero attached hydrogens (tertiary/aromatic N) is 3. The molecule has 0 radical (unpaired) electrons. The molecule has 1 aromatic heterocycles.